The van der Waals surface area contributed by atoms with Gasteiger partial charge in [-0.15, -0.1) is 0 Å². The third-order valence-electron chi connectivity index (χ3n) is 5.79. The van der Waals surface area contributed by atoms with Crippen molar-refractivity contribution in [2.45, 2.75) is 32.1 Å². The van der Waals surface area contributed by atoms with Crippen molar-refractivity contribution in [3.63, 3.8) is 0 Å². The highest BCUT2D eigenvalue weighted by Crippen LogP contribution is 2.49. The first-order chi connectivity index (χ1) is 15.9. The van der Waals surface area contributed by atoms with E-state index in [0.717, 1.165) is 24.2 Å². The number of benzene rings is 2. The first-order valence-electron chi connectivity index (χ1n) is 10.6. The molecule has 1 saturated carbocycles. The van der Waals surface area contributed by atoms with E-state index in [2.05, 4.69) is 20.3 Å². The summed E-state index contributed by atoms with van der Waals surface area (Å²) < 4.78 is 21.0. The van der Waals surface area contributed by atoms with Crippen molar-refractivity contribution in [2.75, 3.05) is 5.32 Å². The minimum Gasteiger partial charge on any atom is -0.439 e. The number of hydrogen-bond acceptors (Lipinski definition) is 5. The lowest BCUT2D eigenvalue weighted by atomic mass is 9.95. The van der Waals surface area contributed by atoms with E-state index in [0.29, 0.717) is 29.0 Å². The van der Waals surface area contributed by atoms with E-state index >= 15 is 0 Å². The van der Waals surface area contributed by atoms with Crippen molar-refractivity contribution >= 4 is 11.6 Å². The molecule has 0 spiro atoms. The Morgan fingerprint density at radius 1 is 1.06 bits per heavy atom. The number of aromatic nitrogens is 4. The Bertz CT molecular complexity index is 1310. The summed E-state index contributed by atoms with van der Waals surface area (Å²) in [5.41, 5.74) is 0.919. The molecule has 166 valence electrons. The molecular weight excluding hydrogens is 421 g/mol. The molecule has 5 rings (SSSR count). The molecule has 2 aromatic carbocycles. The van der Waals surface area contributed by atoms with Gasteiger partial charge in [-0.1, -0.05) is 12.1 Å². The van der Waals surface area contributed by atoms with Crippen molar-refractivity contribution in [3.05, 3.63) is 90.0 Å². The van der Waals surface area contributed by atoms with E-state index in [1.807, 2.05) is 17.7 Å². The summed E-state index contributed by atoms with van der Waals surface area (Å²) in [6.07, 6.45) is 5.04. The van der Waals surface area contributed by atoms with Crippen molar-refractivity contribution in [1.29, 1.82) is 0 Å². The third-order valence-corrected chi connectivity index (χ3v) is 5.79. The predicted octanol–water partition coefficient (Wildman–Crippen LogP) is 4.88. The van der Waals surface area contributed by atoms with Crippen LogP contribution >= 0.6 is 0 Å². The summed E-state index contributed by atoms with van der Waals surface area (Å²) >= 11 is 0. The van der Waals surface area contributed by atoms with Crippen molar-refractivity contribution in [2.24, 2.45) is 0 Å². The summed E-state index contributed by atoms with van der Waals surface area (Å²) in [5.74, 6) is 2.66. The highest BCUT2D eigenvalue weighted by molar-refractivity contribution is 6.01. The Morgan fingerprint density at radius 2 is 1.79 bits per heavy atom. The van der Waals surface area contributed by atoms with Gasteiger partial charge in [0.05, 0.1) is 5.41 Å². The van der Waals surface area contributed by atoms with Gasteiger partial charge in [-0.2, -0.15) is 4.98 Å². The van der Waals surface area contributed by atoms with Gasteiger partial charge in [0, 0.05) is 24.1 Å². The number of carbonyl (C=O) groups excluding carboxylic acids is 1. The van der Waals surface area contributed by atoms with Gasteiger partial charge in [0.25, 0.3) is 0 Å². The minimum atomic E-state index is -0.580. The number of imidazole rings is 1. The molecule has 1 N–H and O–H groups in total. The standard InChI is InChI=1S/C25H22FN5O2/c1-16-28-22(31-14-13-27-17(31)2)15-23(29-16)33-21-9-7-20(8-10-21)30-24(32)25(11-12-25)18-3-5-19(26)6-4-18/h3-10,13-15H,11-12H2,1-2H3,(H,30,32). The third kappa shape index (κ3) is 4.19. The van der Waals surface area contributed by atoms with Crippen LogP contribution in [0.2, 0.25) is 0 Å². The normalized spacial score (nSPS) is 14.0. The van der Waals surface area contributed by atoms with Gasteiger partial charge in [0.15, 0.2) is 0 Å². The van der Waals surface area contributed by atoms with Crippen LogP contribution in [0.3, 0.4) is 0 Å². The average Bonchev–Trinajstić information content (AvgIpc) is 3.50. The maximum absolute atomic E-state index is 13.2. The Morgan fingerprint density at radius 3 is 2.42 bits per heavy atom. The molecule has 7 nitrogen and oxygen atoms in total. The fourth-order valence-corrected chi connectivity index (χ4v) is 3.84. The SMILES string of the molecule is Cc1nc(Oc2ccc(NC(=O)C3(c4ccc(F)cc4)CC3)cc2)cc(-n2ccnc2C)n1. The molecule has 1 aliphatic rings. The monoisotopic (exact) mass is 443 g/mol. The highest BCUT2D eigenvalue weighted by atomic mass is 19.1. The number of anilines is 1. The van der Waals surface area contributed by atoms with E-state index < -0.39 is 5.41 Å². The second kappa shape index (κ2) is 8.12. The number of rotatable bonds is 6. The van der Waals surface area contributed by atoms with Gasteiger partial charge in [0.1, 0.15) is 29.0 Å². The first kappa shape index (κ1) is 20.8. The van der Waals surface area contributed by atoms with Gasteiger partial charge in [-0.05, 0) is 68.7 Å². The minimum absolute atomic E-state index is 0.0884. The van der Waals surface area contributed by atoms with Gasteiger partial charge in [-0.25, -0.2) is 14.4 Å². The van der Waals surface area contributed by atoms with Crippen LogP contribution in [0.1, 0.15) is 30.1 Å². The van der Waals surface area contributed by atoms with E-state index in [-0.39, 0.29) is 11.7 Å². The molecule has 33 heavy (non-hydrogen) atoms. The van der Waals surface area contributed by atoms with Gasteiger partial charge >= 0.3 is 0 Å². The molecule has 0 atom stereocenters. The predicted molar refractivity (Wildman–Crippen MR) is 121 cm³/mol. The second-order valence-corrected chi connectivity index (χ2v) is 8.13. The summed E-state index contributed by atoms with van der Waals surface area (Å²) in [4.78, 5) is 25.9. The fraction of sp³-hybridized carbons (Fsp3) is 0.200. The largest absolute Gasteiger partial charge is 0.439 e. The number of ether oxygens (including phenoxy) is 1. The van der Waals surface area contributed by atoms with E-state index in [1.165, 1.54) is 12.1 Å². The molecular formula is C25H22FN5O2. The first-order valence-corrected chi connectivity index (χ1v) is 10.6. The molecule has 4 aromatic rings. The highest BCUT2D eigenvalue weighted by Gasteiger charge is 2.51. The summed E-state index contributed by atoms with van der Waals surface area (Å²) in [7, 11) is 0. The van der Waals surface area contributed by atoms with E-state index in [1.54, 1.807) is 55.6 Å². The lowest BCUT2D eigenvalue weighted by Gasteiger charge is -2.16. The van der Waals surface area contributed by atoms with E-state index in [9.17, 15) is 9.18 Å². The lowest BCUT2D eigenvalue weighted by molar-refractivity contribution is -0.118. The molecule has 1 fully saturated rings. The molecule has 2 heterocycles. The van der Waals surface area contributed by atoms with Crippen LogP contribution in [0.15, 0.2) is 67.0 Å². The molecule has 0 bridgehead atoms. The zero-order chi connectivity index (χ0) is 23.0. The Balaban J connectivity index is 1.29. The summed E-state index contributed by atoms with van der Waals surface area (Å²) in [5, 5.41) is 2.97. The number of amides is 1. The van der Waals surface area contributed by atoms with Crippen LogP contribution in [0, 0.1) is 19.7 Å². The van der Waals surface area contributed by atoms with Crippen LogP contribution in [-0.2, 0) is 10.2 Å². The van der Waals surface area contributed by atoms with Crippen LogP contribution in [0.5, 0.6) is 11.6 Å². The number of nitrogens with one attached hydrogen (secondary N) is 1. The lowest BCUT2D eigenvalue weighted by Crippen LogP contribution is -2.27. The van der Waals surface area contributed by atoms with Crippen molar-refractivity contribution < 1.29 is 13.9 Å². The average molecular weight is 443 g/mol. The van der Waals surface area contributed by atoms with Gasteiger partial charge < -0.3 is 10.1 Å². The zero-order valence-corrected chi connectivity index (χ0v) is 18.2. The Hall–Kier alpha value is -4.07. The Kier molecular flexibility index (Phi) is 5.12. The molecule has 1 aliphatic carbocycles. The second-order valence-electron chi connectivity index (χ2n) is 8.13. The fourth-order valence-electron chi connectivity index (χ4n) is 3.84. The number of nitrogens with zero attached hydrogens (tertiary/aromatic N) is 4. The topological polar surface area (TPSA) is 81.9 Å². The summed E-state index contributed by atoms with van der Waals surface area (Å²) in [6.45, 7) is 3.70. The summed E-state index contributed by atoms with van der Waals surface area (Å²) in [6, 6.07) is 15.0. The van der Waals surface area contributed by atoms with Gasteiger partial charge in [0.2, 0.25) is 11.8 Å². The molecule has 0 saturated heterocycles. The number of hydrogen-bond donors (Lipinski definition) is 1. The van der Waals surface area contributed by atoms with Crippen LogP contribution < -0.4 is 10.1 Å². The van der Waals surface area contributed by atoms with E-state index in [4.69, 9.17) is 4.74 Å². The van der Waals surface area contributed by atoms with Crippen LogP contribution in [-0.4, -0.2) is 25.4 Å². The number of aryl methyl sites for hydroxylation is 2. The Labute approximate surface area is 190 Å². The van der Waals surface area contributed by atoms with Crippen LogP contribution in [0.4, 0.5) is 10.1 Å². The number of halogens is 1. The van der Waals surface area contributed by atoms with Crippen molar-refractivity contribution in [3.8, 4) is 17.4 Å². The molecule has 0 unspecified atom stereocenters. The zero-order valence-electron chi connectivity index (χ0n) is 18.2. The van der Waals surface area contributed by atoms with Crippen LogP contribution in [0.25, 0.3) is 5.82 Å². The van der Waals surface area contributed by atoms with Gasteiger partial charge in [-0.3, -0.25) is 9.36 Å². The smallest absolute Gasteiger partial charge is 0.235 e. The molecule has 1 amide bonds. The van der Waals surface area contributed by atoms with Crippen molar-refractivity contribution in [1.82, 2.24) is 19.5 Å². The molecule has 0 aliphatic heterocycles. The molecule has 8 heteroatoms. The molecule has 2 aromatic heterocycles. The molecule has 0 radical (unpaired) electrons. The maximum atomic E-state index is 13.2. The number of carbonyl (C=O) groups is 1. The maximum Gasteiger partial charge on any atom is 0.235 e. The quantitative estimate of drug-likeness (QED) is 0.459.